The van der Waals surface area contributed by atoms with Crippen LogP contribution in [0.1, 0.15) is 33.6 Å². The Morgan fingerprint density at radius 3 is 2.70 bits per heavy atom. The average molecular weight is 303 g/mol. The highest BCUT2D eigenvalue weighted by Gasteiger charge is 2.05. The van der Waals surface area contributed by atoms with E-state index in [9.17, 15) is 0 Å². The highest BCUT2D eigenvalue weighted by molar-refractivity contribution is 6.28. The van der Waals surface area contributed by atoms with Gasteiger partial charge in [0.25, 0.3) is 0 Å². The molecule has 0 saturated carbocycles. The molecule has 0 saturated heterocycles. The fraction of sp³-hybridized carbons (Fsp3) is 0.769. The zero-order valence-electron chi connectivity index (χ0n) is 12.4. The van der Waals surface area contributed by atoms with Crippen molar-refractivity contribution in [3.05, 3.63) is 5.28 Å². The second-order valence-corrected chi connectivity index (χ2v) is 5.15. The molecule has 0 aliphatic carbocycles. The molecule has 0 aliphatic heterocycles. The first-order valence-electron chi connectivity index (χ1n) is 6.97. The van der Waals surface area contributed by atoms with Crippen molar-refractivity contribution in [2.75, 3.05) is 31.7 Å². The maximum atomic E-state index is 5.82. The van der Waals surface area contributed by atoms with E-state index in [-0.39, 0.29) is 11.3 Å². The van der Waals surface area contributed by atoms with E-state index in [1.807, 2.05) is 6.92 Å². The number of hydrogen-bond donors (Lipinski definition) is 1. The van der Waals surface area contributed by atoms with Crippen molar-refractivity contribution in [2.24, 2.45) is 5.92 Å². The average Bonchev–Trinajstić information content (AvgIpc) is 2.39. The molecule has 0 aromatic carbocycles. The van der Waals surface area contributed by atoms with Crippen LogP contribution >= 0.6 is 11.6 Å². The Morgan fingerprint density at radius 2 is 2.00 bits per heavy atom. The summed E-state index contributed by atoms with van der Waals surface area (Å²) in [6, 6.07) is 0.255. The van der Waals surface area contributed by atoms with Crippen LogP contribution in [0.5, 0.6) is 6.01 Å². The molecule has 1 rings (SSSR count). The summed E-state index contributed by atoms with van der Waals surface area (Å²) in [6.45, 7) is 9.04. The van der Waals surface area contributed by atoms with E-state index in [0.29, 0.717) is 31.6 Å². The highest BCUT2D eigenvalue weighted by atomic mass is 35.5. The van der Waals surface area contributed by atoms with Crippen molar-refractivity contribution < 1.29 is 9.47 Å². The van der Waals surface area contributed by atoms with Crippen LogP contribution in [0.3, 0.4) is 0 Å². The molecule has 1 aromatic rings. The predicted molar refractivity (Wildman–Crippen MR) is 79.4 cm³/mol. The number of aromatic nitrogens is 3. The fourth-order valence-electron chi connectivity index (χ4n) is 1.36. The molecule has 0 unspecified atom stereocenters. The van der Waals surface area contributed by atoms with Crippen molar-refractivity contribution >= 4 is 17.5 Å². The van der Waals surface area contributed by atoms with E-state index in [0.717, 1.165) is 19.4 Å². The predicted octanol–water partition coefficient (Wildman–Crippen LogP) is 2.79. The molecule has 0 bridgehead atoms. The Balaban J connectivity index is 2.30. The van der Waals surface area contributed by atoms with Crippen LogP contribution in [-0.4, -0.2) is 41.3 Å². The molecule has 1 N–H and O–H groups in total. The SMILES string of the molecule is CCCOc1nc(Cl)nc(NCCCOCC(C)C)n1. The molecule has 0 radical (unpaired) electrons. The summed E-state index contributed by atoms with van der Waals surface area (Å²) in [7, 11) is 0. The maximum Gasteiger partial charge on any atom is 0.322 e. The molecule has 0 amide bonds. The smallest absolute Gasteiger partial charge is 0.322 e. The van der Waals surface area contributed by atoms with Gasteiger partial charge in [-0.15, -0.1) is 0 Å². The van der Waals surface area contributed by atoms with Crippen LogP contribution in [0.15, 0.2) is 0 Å². The number of nitrogens with zero attached hydrogens (tertiary/aromatic N) is 3. The monoisotopic (exact) mass is 302 g/mol. The van der Waals surface area contributed by atoms with Gasteiger partial charge >= 0.3 is 6.01 Å². The summed E-state index contributed by atoms with van der Waals surface area (Å²) in [4.78, 5) is 12.0. The van der Waals surface area contributed by atoms with Crippen molar-refractivity contribution in [3.8, 4) is 6.01 Å². The first-order valence-corrected chi connectivity index (χ1v) is 7.35. The molecule has 0 spiro atoms. The molecule has 1 aromatic heterocycles. The third-order valence-electron chi connectivity index (χ3n) is 2.22. The molecule has 0 fully saturated rings. The molecule has 1 heterocycles. The topological polar surface area (TPSA) is 69.2 Å². The second-order valence-electron chi connectivity index (χ2n) is 4.81. The molecule has 6 nitrogen and oxygen atoms in total. The summed E-state index contributed by atoms with van der Waals surface area (Å²) >= 11 is 5.82. The summed E-state index contributed by atoms with van der Waals surface area (Å²) in [5.74, 6) is 0.989. The van der Waals surface area contributed by atoms with Gasteiger partial charge in [-0.2, -0.15) is 15.0 Å². The lowest BCUT2D eigenvalue weighted by atomic mass is 10.2. The minimum Gasteiger partial charge on any atom is -0.463 e. The van der Waals surface area contributed by atoms with E-state index in [1.54, 1.807) is 0 Å². The largest absolute Gasteiger partial charge is 0.463 e. The number of nitrogens with one attached hydrogen (secondary N) is 1. The number of hydrogen-bond acceptors (Lipinski definition) is 6. The highest BCUT2D eigenvalue weighted by Crippen LogP contribution is 2.11. The molecule has 0 aliphatic rings. The Kier molecular flexibility index (Phi) is 8.22. The fourth-order valence-corrected chi connectivity index (χ4v) is 1.51. The van der Waals surface area contributed by atoms with Gasteiger partial charge in [0.05, 0.1) is 6.61 Å². The van der Waals surface area contributed by atoms with Crippen molar-refractivity contribution in [2.45, 2.75) is 33.6 Å². The Bertz CT molecular complexity index is 391. The molecule has 20 heavy (non-hydrogen) atoms. The van der Waals surface area contributed by atoms with Gasteiger partial charge in [-0.3, -0.25) is 0 Å². The first-order chi connectivity index (χ1) is 9.61. The van der Waals surface area contributed by atoms with E-state index >= 15 is 0 Å². The molecule has 7 heteroatoms. The zero-order chi connectivity index (χ0) is 14.8. The quantitative estimate of drug-likeness (QED) is 0.670. The molecule has 114 valence electrons. The van der Waals surface area contributed by atoms with Crippen molar-refractivity contribution in [1.82, 2.24) is 15.0 Å². The number of halogens is 1. The van der Waals surface area contributed by atoms with Gasteiger partial charge in [-0.25, -0.2) is 0 Å². The normalized spacial score (nSPS) is 10.8. The van der Waals surface area contributed by atoms with Crippen LogP contribution < -0.4 is 10.1 Å². The minimum atomic E-state index is 0.129. The van der Waals surface area contributed by atoms with Crippen LogP contribution in [0.2, 0.25) is 5.28 Å². The van der Waals surface area contributed by atoms with Crippen LogP contribution in [-0.2, 0) is 4.74 Å². The van der Waals surface area contributed by atoms with E-state index in [2.05, 4.69) is 34.1 Å². The van der Waals surface area contributed by atoms with Gasteiger partial charge in [-0.1, -0.05) is 20.8 Å². The molecular weight excluding hydrogens is 280 g/mol. The van der Waals surface area contributed by atoms with Crippen LogP contribution in [0.4, 0.5) is 5.95 Å². The van der Waals surface area contributed by atoms with Gasteiger partial charge < -0.3 is 14.8 Å². The molecule has 0 atom stereocenters. The third-order valence-corrected chi connectivity index (χ3v) is 2.39. The Hall–Kier alpha value is -1.14. The van der Waals surface area contributed by atoms with E-state index < -0.39 is 0 Å². The standard InChI is InChI=1S/C13H23ClN4O2/c1-4-7-20-13-17-11(14)16-12(18-13)15-6-5-8-19-9-10(2)3/h10H,4-9H2,1-3H3,(H,15,16,17,18). The number of rotatable bonds is 10. The van der Waals surface area contributed by atoms with E-state index in [1.165, 1.54) is 0 Å². The lowest BCUT2D eigenvalue weighted by Crippen LogP contribution is -2.11. The summed E-state index contributed by atoms with van der Waals surface area (Å²) < 4.78 is 10.8. The number of ether oxygens (including phenoxy) is 2. The van der Waals surface area contributed by atoms with Gasteiger partial charge in [0, 0.05) is 19.8 Å². The first kappa shape index (κ1) is 16.9. The van der Waals surface area contributed by atoms with Crippen molar-refractivity contribution in [3.63, 3.8) is 0 Å². The zero-order valence-corrected chi connectivity index (χ0v) is 13.1. The van der Waals surface area contributed by atoms with Gasteiger partial charge in [0.1, 0.15) is 0 Å². The van der Waals surface area contributed by atoms with Gasteiger partial charge in [-0.05, 0) is 30.4 Å². The Labute approximate surface area is 125 Å². The van der Waals surface area contributed by atoms with Crippen molar-refractivity contribution in [1.29, 1.82) is 0 Å². The van der Waals surface area contributed by atoms with Gasteiger partial charge in [0.15, 0.2) is 0 Å². The number of anilines is 1. The maximum absolute atomic E-state index is 5.82. The summed E-state index contributed by atoms with van der Waals surface area (Å²) in [6.07, 6.45) is 1.76. The summed E-state index contributed by atoms with van der Waals surface area (Å²) in [5, 5.41) is 3.21. The summed E-state index contributed by atoms with van der Waals surface area (Å²) in [5.41, 5.74) is 0. The van der Waals surface area contributed by atoms with Crippen LogP contribution in [0.25, 0.3) is 0 Å². The minimum absolute atomic E-state index is 0.129. The van der Waals surface area contributed by atoms with Crippen LogP contribution in [0, 0.1) is 5.92 Å². The molecular formula is C13H23ClN4O2. The lowest BCUT2D eigenvalue weighted by Gasteiger charge is -2.08. The Morgan fingerprint density at radius 1 is 1.20 bits per heavy atom. The third kappa shape index (κ3) is 7.45. The second kappa shape index (κ2) is 9.72. The van der Waals surface area contributed by atoms with E-state index in [4.69, 9.17) is 21.1 Å². The van der Waals surface area contributed by atoms with Gasteiger partial charge in [0.2, 0.25) is 11.2 Å². The lowest BCUT2D eigenvalue weighted by molar-refractivity contribution is 0.110.